The molecule has 5 nitrogen and oxygen atoms in total. The molecule has 1 aromatic heterocycles. The number of carbonyl (C=O) groups is 2. The van der Waals surface area contributed by atoms with Gasteiger partial charge in [0.15, 0.2) is 0 Å². The number of anilines is 1. The van der Waals surface area contributed by atoms with Crippen molar-refractivity contribution in [3.8, 4) is 0 Å². The number of amides is 2. The second kappa shape index (κ2) is 6.15. The molecule has 2 atom stereocenters. The summed E-state index contributed by atoms with van der Waals surface area (Å²) in [7, 11) is 0. The van der Waals surface area contributed by atoms with Gasteiger partial charge in [0.2, 0.25) is 11.8 Å². The summed E-state index contributed by atoms with van der Waals surface area (Å²) in [4.78, 5) is 29.8. The van der Waals surface area contributed by atoms with Crippen LogP contribution in [0.25, 0.3) is 10.9 Å². The van der Waals surface area contributed by atoms with Crippen LogP contribution in [0, 0.1) is 5.92 Å². The Hall–Kier alpha value is -2.56. The molecule has 5 heteroatoms. The Kier molecular flexibility index (Phi) is 3.84. The van der Waals surface area contributed by atoms with Crippen LogP contribution in [0.5, 0.6) is 0 Å². The van der Waals surface area contributed by atoms with Gasteiger partial charge in [-0.2, -0.15) is 0 Å². The number of H-pyrrole nitrogens is 1. The summed E-state index contributed by atoms with van der Waals surface area (Å²) in [5.74, 6) is 0.222. The van der Waals surface area contributed by atoms with Crippen LogP contribution in [0.15, 0.2) is 42.6 Å². The predicted molar refractivity (Wildman–Crippen MR) is 93.5 cm³/mol. The van der Waals surface area contributed by atoms with Gasteiger partial charge in [0, 0.05) is 35.8 Å². The lowest BCUT2D eigenvalue weighted by atomic mass is 9.85. The fourth-order valence-electron chi connectivity index (χ4n) is 3.69. The number of nitrogens with one attached hydrogen (secondary N) is 2. The number of allylic oxidation sites excluding steroid dienone is 2. The number of aromatic nitrogens is 1. The number of aromatic amines is 1. The number of hydrogen-bond acceptors (Lipinski definition) is 2. The van der Waals surface area contributed by atoms with Gasteiger partial charge in [-0.1, -0.05) is 12.2 Å². The average molecular weight is 323 g/mol. The molecule has 1 saturated heterocycles. The lowest BCUT2D eigenvalue weighted by Crippen LogP contribution is -2.57. The molecule has 2 aromatic rings. The molecule has 2 heterocycles. The smallest absolute Gasteiger partial charge is 0.247 e. The van der Waals surface area contributed by atoms with Gasteiger partial charge in [-0.05, 0) is 49.4 Å². The Morgan fingerprint density at radius 2 is 2.21 bits per heavy atom. The zero-order valence-electron chi connectivity index (χ0n) is 13.5. The molecule has 0 saturated carbocycles. The molecule has 0 spiro atoms. The van der Waals surface area contributed by atoms with Gasteiger partial charge < -0.3 is 15.2 Å². The molecule has 2 unspecified atom stereocenters. The average Bonchev–Trinajstić information content (AvgIpc) is 3.06. The SMILES string of the molecule is O=C(Nc1ccc2[nH]ccc2c1)C(C1CC=CCC1)N1CCC1=O. The van der Waals surface area contributed by atoms with Crippen LogP contribution < -0.4 is 5.32 Å². The molecule has 0 bridgehead atoms. The monoisotopic (exact) mass is 323 g/mol. The van der Waals surface area contributed by atoms with Crippen molar-refractivity contribution < 1.29 is 9.59 Å². The highest BCUT2D eigenvalue weighted by Gasteiger charge is 2.40. The lowest BCUT2D eigenvalue weighted by Gasteiger charge is -2.41. The summed E-state index contributed by atoms with van der Waals surface area (Å²) in [6, 6.07) is 7.43. The molecule has 24 heavy (non-hydrogen) atoms. The summed E-state index contributed by atoms with van der Waals surface area (Å²) in [6.07, 6.45) is 9.52. The van der Waals surface area contributed by atoms with Crippen LogP contribution in [-0.4, -0.2) is 34.3 Å². The predicted octanol–water partition coefficient (Wildman–Crippen LogP) is 3.06. The van der Waals surface area contributed by atoms with Crippen molar-refractivity contribution >= 4 is 28.4 Å². The first-order chi connectivity index (χ1) is 11.7. The summed E-state index contributed by atoms with van der Waals surface area (Å²) in [5.41, 5.74) is 1.82. The van der Waals surface area contributed by atoms with Crippen LogP contribution in [0.3, 0.4) is 0 Å². The summed E-state index contributed by atoms with van der Waals surface area (Å²) >= 11 is 0. The quantitative estimate of drug-likeness (QED) is 0.671. The minimum Gasteiger partial charge on any atom is -0.361 e. The number of benzene rings is 1. The molecule has 2 aliphatic rings. The molecule has 0 radical (unpaired) electrons. The van der Waals surface area contributed by atoms with E-state index in [1.165, 1.54) is 0 Å². The largest absolute Gasteiger partial charge is 0.361 e. The van der Waals surface area contributed by atoms with E-state index in [1.54, 1.807) is 4.90 Å². The third-order valence-electron chi connectivity index (χ3n) is 5.07. The van der Waals surface area contributed by atoms with Gasteiger partial charge in [-0.3, -0.25) is 9.59 Å². The summed E-state index contributed by atoms with van der Waals surface area (Å²) in [5, 5.41) is 4.08. The Balaban J connectivity index is 1.55. The third-order valence-corrected chi connectivity index (χ3v) is 5.07. The number of rotatable bonds is 4. The Labute approximate surface area is 140 Å². The van der Waals surface area contributed by atoms with Crippen LogP contribution >= 0.6 is 0 Å². The molecular formula is C19H21N3O2. The number of carbonyl (C=O) groups excluding carboxylic acids is 2. The van der Waals surface area contributed by atoms with Gasteiger partial charge in [-0.25, -0.2) is 0 Å². The first-order valence-electron chi connectivity index (χ1n) is 8.55. The highest BCUT2D eigenvalue weighted by molar-refractivity contribution is 5.99. The van der Waals surface area contributed by atoms with Crippen molar-refractivity contribution in [2.24, 2.45) is 5.92 Å². The molecule has 2 N–H and O–H groups in total. The molecule has 1 aromatic carbocycles. The Bertz CT molecular complexity index is 808. The summed E-state index contributed by atoms with van der Waals surface area (Å²) < 4.78 is 0. The second-order valence-electron chi connectivity index (χ2n) is 6.60. The van der Waals surface area contributed by atoms with Crippen LogP contribution in [0.4, 0.5) is 5.69 Å². The second-order valence-corrected chi connectivity index (χ2v) is 6.60. The van der Waals surface area contributed by atoms with Crippen molar-refractivity contribution in [1.82, 2.24) is 9.88 Å². The van der Waals surface area contributed by atoms with E-state index in [0.29, 0.717) is 13.0 Å². The molecule has 1 fully saturated rings. The Morgan fingerprint density at radius 3 is 2.92 bits per heavy atom. The molecule has 1 aliphatic carbocycles. The number of fused-ring (bicyclic) bond motifs is 1. The van der Waals surface area contributed by atoms with E-state index in [0.717, 1.165) is 35.9 Å². The van der Waals surface area contributed by atoms with Crippen LogP contribution in [0.2, 0.25) is 0 Å². The van der Waals surface area contributed by atoms with E-state index in [-0.39, 0.29) is 23.8 Å². The maximum atomic E-state index is 12.9. The van der Waals surface area contributed by atoms with E-state index in [9.17, 15) is 9.59 Å². The standard InChI is InChI=1S/C19H21N3O2/c23-17-9-11-22(17)18(13-4-2-1-3-5-13)19(24)21-15-6-7-16-14(12-15)8-10-20-16/h1-2,6-8,10,12-13,18,20H,3-5,9,11H2,(H,21,24). The molecule has 1 aliphatic heterocycles. The first kappa shape index (κ1) is 15.0. The van der Waals surface area contributed by atoms with E-state index < -0.39 is 0 Å². The van der Waals surface area contributed by atoms with Crippen LogP contribution in [0.1, 0.15) is 25.7 Å². The molecular weight excluding hydrogens is 302 g/mol. The number of hydrogen-bond donors (Lipinski definition) is 2. The number of nitrogens with zero attached hydrogens (tertiary/aromatic N) is 1. The maximum absolute atomic E-state index is 12.9. The molecule has 124 valence electrons. The van der Waals surface area contributed by atoms with Gasteiger partial charge in [0.25, 0.3) is 0 Å². The highest BCUT2D eigenvalue weighted by Crippen LogP contribution is 2.29. The van der Waals surface area contributed by atoms with Gasteiger partial charge >= 0.3 is 0 Å². The normalized spacial score (nSPS) is 21.6. The number of likely N-dealkylation sites (tertiary alicyclic amines) is 1. The van der Waals surface area contributed by atoms with Gasteiger partial charge in [0.1, 0.15) is 6.04 Å². The Morgan fingerprint density at radius 1 is 1.29 bits per heavy atom. The minimum absolute atomic E-state index is 0.0711. The first-order valence-corrected chi connectivity index (χ1v) is 8.55. The number of β-lactam (4-membered cyclic amide) rings is 1. The fraction of sp³-hybridized carbons (Fsp3) is 0.368. The maximum Gasteiger partial charge on any atom is 0.247 e. The van der Waals surface area contributed by atoms with Crippen LogP contribution in [-0.2, 0) is 9.59 Å². The van der Waals surface area contributed by atoms with E-state index in [1.807, 2.05) is 30.5 Å². The molecule has 4 rings (SSSR count). The zero-order chi connectivity index (χ0) is 16.5. The van der Waals surface area contributed by atoms with E-state index in [4.69, 9.17) is 0 Å². The van der Waals surface area contributed by atoms with E-state index >= 15 is 0 Å². The van der Waals surface area contributed by atoms with Gasteiger partial charge in [0.05, 0.1) is 0 Å². The van der Waals surface area contributed by atoms with Crippen molar-refractivity contribution in [2.45, 2.75) is 31.7 Å². The van der Waals surface area contributed by atoms with Crippen molar-refractivity contribution in [3.05, 3.63) is 42.6 Å². The summed E-state index contributed by atoms with van der Waals surface area (Å²) in [6.45, 7) is 0.688. The van der Waals surface area contributed by atoms with Crippen molar-refractivity contribution in [3.63, 3.8) is 0 Å². The topological polar surface area (TPSA) is 65.2 Å². The minimum atomic E-state index is -0.363. The van der Waals surface area contributed by atoms with Crippen molar-refractivity contribution in [1.29, 1.82) is 0 Å². The molecule has 2 amide bonds. The van der Waals surface area contributed by atoms with Crippen molar-refractivity contribution in [2.75, 3.05) is 11.9 Å². The zero-order valence-corrected chi connectivity index (χ0v) is 13.5. The third kappa shape index (κ3) is 2.70. The highest BCUT2D eigenvalue weighted by atomic mass is 16.2. The fourth-order valence-corrected chi connectivity index (χ4v) is 3.69. The lowest BCUT2D eigenvalue weighted by molar-refractivity contribution is -0.149. The van der Waals surface area contributed by atoms with Gasteiger partial charge in [-0.15, -0.1) is 0 Å². The van der Waals surface area contributed by atoms with E-state index in [2.05, 4.69) is 22.5 Å².